The van der Waals surface area contributed by atoms with E-state index in [1.54, 1.807) is 18.9 Å². The lowest BCUT2D eigenvalue weighted by atomic mass is 10.1. The Morgan fingerprint density at radius 1 is 1.17 bits per heavy atom. The molecule has 1 N–H and O–H groups in total. The fraction of sp³-hybridized carbons (Fsp3) is 0.579. The van der Waals surface area contributed by atoms with E-state index in [4.69, 9.17) is 4.74 Å². The highest BCUT2D eigenvalue weighted by atomic mass is 16.5. The summed E-state index contributed by atoms with van der Waals surface area (Å²) in [5.74, 6) is 0.684. The number of nitrogens with zero attached hydrogens (tertiary/aromatic N) is 1. The molecule has 5 heteroatoms. The molecular formula is C19H30N2O3. The van der Waals surface area contributed by atoms with Crippen molar-refractivity contribution in [2.45, 2.75) is 59.0 Å². The molecule has 1 atom stereocenters. The minimum Gasteiger partial charge on any atom is -0.497 e. The van der Waals surface area contributed by atoms with Crippen LogP contribution in [0.1, 0.15) is 52.0 Å². The Morgan fingerprint density at radius 2 is 1.83 bits per heavy atom. The maximum absolute atomic E-state index is 12.5. The van der Waals surface area contributed by atoms with Gasteiger partial charge >= 0.3 is 0 Å². The predicted octanol–water partition coefficient (Wildman–Crippen LogP) is 3.13. The second-order valence-corrected chi connectivity index (χ2v) is 5.94. The SMILES string of the molecule is CCCCNC(=O)[C@H](C)N(Cc1ccc(OC)cc1)C(=O)CCC. The molecule has 1 rings (SSSR count). The first-order chi connectivity index (χ1) is 11.5. The number of hydrogen-bond donors (Lipinski definition) is 1. The minimum atomic E-state index is -0.483. The maximum Gasteiger partial charge on any atom is 0.242 e. The number of amides is 2. The van der Waals surface area contributed by atoms with Crippen LogP contribution < -0.4 is 10.1 Å². The van der Waals surface area contributed by atoms with Gasteiger partial charge in [-0.25, -0.2) is 0 Å². The van der Waals surface area contributed by atoms with Crippen molar-refractivity contribution in [2.75, 3.05) is 13.7 Å². The van der Waals surface area contributed by atoms with Crippen LogP contribution in [0.2, 0.25) is 0 Å². The predicted molar refractivity (Wildman–Crippen MR) is 95.8 cm³/mol. The van der Waals surface area contributed by atoms with Crippen LogP contribution in [0.3, 0.4) is 0 Å². The van der Waals surface area contributed by atoms with Crippen molar-refractivity contribution in [3.8, 4) is 5.75 Å². The first kappa shape index (κ1) is 20.0. The lowest BCUT2D eigenvalue weighted by Crippen LogP contribution is -2.47. The zero-order valence-corrected chi connectivity index (χ0v) is 15.3. The Labute approximate surface area is 145 Å². The first-order valence-corrected chi connectivity index (χ1v) is 8.73. The van der Waals surface area contributed by atoms with Gasteiger partial charge in [-0.1, -0.05) is 32.4 Å². The Kier molecular flexibility index (Phi) is 8.90. The number of carbonyl (C=O) groups excluding carboxylic acids is 2. The molecule has 2 amide bonds. The monoisotopic (exact) mass is 334 g/mol. The van der Waals surface area contributed by atoms with Crippen molar-refractivity contribution in [3.63, 3.8) is 0 Å². The Morgan fingerprint density at radius 3 is 2.38 bits per heavy atom. The number of ether oxygens (including phenoxy) is 1. The largest absolute Gasteiger partial charge is 0.497 e. The van der Waals surface area contributed by atoms with Crippen LogP contribution in [0, 0.1) is 0 Å². The normalized spacial score (nSPS) is 11.7. The summed E-state index contributed by atoms with van der Waals surface area (Å²) < 4.78 is 5.16. The van der Waals surface area contributed by atoms with E-state index in [-0.39, 0.29) is 11.8 Å². The summed E-state index contributed by atoms with van der Waals surface area (Å²) >= 11 is 0. The quantitative estimate of drug-likeness (QED) is 0.669. The van der Waals surface area contributed by atoms with Gasteiger partial charge in [0.1, 0.15) is 11.8 Å². The third-order valence-electron chi connectivity index (χ3n) is 3.97. The Bertz CT molecular complexity index is 514. The smallest absolute Gasteiger partial charge is 0.242 e. The lowest BCUT2D eigenvalue weighted by Gasteiger charge is -2.29. The van der Waals surface area contributed by atoms with Crippen LogP contribution in [-0.2, 0) is 16.1 Å². The second-order valence-electron chi connectivity index (χ2n) is 5.94. The van der Waals surface area contributed by atoms with Gasteiger partial charge in [0, 0.05) is 19.5 Å². The number of nitrogens with one attached hydrogen (secondary N) is 1. The van der Waals surface area contributed by atoms with Gasteiger partial charge in [0.25, 0.3) is 0 Å². The third kappa shape index (κ3) is 6.22. The van der Waals surface area contributed by atoms with Crippen LogP contribution in [0.5, 0.6) is 5.75 Å². The summed E-state index contributed by atoms with van der Waals surface area (Å²) in [6.07, 6.45) is 3.18. The maximum atomic E-state index is 12.5. The fourth-order valence-electron chi connectivity index (χ4n) is 2.40. The molecule has 24 heavy (non-hydrogen) atoms. The van der Waals surface area contributed by atoms with E-state index in [9.17, 15) is 9.59 Å². The van der Waals surface area contributed by atoms with Gasteiger partial charge in [0.15, 0.2) is 0 Å². The first-order valence-electron chi connectivity index (χ1n) is 8.73. The topological polar surface area (TPSA) is 58.6 Å². The highest BCUT2D eigenvalue weighted by Gasteiger charge is 2.25. The molecular weight excluding hydrogens is 304 g/mol. The van der Waals surface area contributed by atoms with Crippen LogP contribution in [-0.4, -0.2) is 36.4 Å². The summed E-state index contributed by atoms with van der Waals surface area (Å²) in [6.45, 7) is 6.91. The number of benzene rings is 1. The van der Waals surface area contributed by atoms with Crippen molar-refractivity contribution in [3.05, 3.63) is 29.8 Å². The molecule has 0 aliphatic carbocycles. The van der Waals surface area contributed by atoms with E-state index in [2.05, 4.69) is 12.2 Å². The van der Waals surface area contributed by atoms with Gasteiger partial charge in [-0.2, -0.15) is 0 Å². The number of rotatable bonds is 10. The molecule has 0 heterocycles. The fourth-order valence-corrected chi connectivity index (χ4v) is 2.40. The molecule has 0 bridgehead atoms. The summed E-state index contributed by atoms with van der Waals surface area (Å²) in [7, 11) is 1.62. The van der Waals surface area contributed by atoms with Crippen molar-refractivity contribution >= 4 is 11.8 Å². The van der Waals surface area contributed by atoms with E-state index in [0.29, 0.717) is 19.5 Å². The molecule has 134 valence electrons. The third-order valence-corrected chi connectivity index (χ3v) is 3.97. The highest BCUT2D eigenvalue weighted by Crippen LogP contribution is 2.15. The van der Waals surface area contributed by atoms with Gasteiger partial charge < -0.3 is 15.0 Å². The molecule has 0 fully saturated rings. The Hall–Kier alpha value is -2.04. The van der Waals surface area contributed by atoms with Gasteiger partial charge in [0.2, 0.25) is 11.8 Å². The van der Waals surface area contributed by atoms with Crippen LogP contribution in [0.4, 0.5) is 0 Å². The molecule has 0 saturated heterocycles. The van der Waals surface area contributed by atoms with E-state index in [0.717, 1.165) is 30.6 Å². The van der Waals surface area contributed by atoms with Gasteiger partial charge in [-0.05, 0) is 37.5 Å². The number of hydrogen-bond acceptors (Lipinski definition) is 3. The zero-order valence-electron chi connectivity index (χ0n) is 15.3. The molecule has 0 aliphatic heterocycles. The van der Waals surface area contributed by atoms with Crippen molar-refractivity contribution in [1.29, 1.82) is 0 Å². The second kappa shape index (κ2) is 10.7. The number of carbonyl (C=O) groups is 2. The molecule has 0 aliphatic rings. The highest BCUT2D eigenvalue weighted by molar-refractivity contribution is 5.87. The van der Waals surface area contributed by atoms with Crippen molar-refractivity contribution in [1.82, 2.24) is 10.2 Å². The van der Waals surface area contributed by atoms with E-state index < -0.39 is 6.04 Å². The number of unbranched alkanes of at least 4 members (excludes halogenated alkanes) is 1. The summed E-state index contributed by atoms with van der Waals surface area (Å²) in [4.78, 5) is 26.5. The Balaban J connectivity index is 2.81. The average Bonchev–Trinajstić information content (AvgIpc) is 2.59. The van der Waals surface area contributed by atoms with Crippen molar-refractivity contribution in [2.24, 2.45) is 0 Å². The summed E-state index contributed by atoms with van der Waals surface area (Å²) in [5.41, 5.74) is 0.980. The molecule has 0 aromatic heterocycles. The molecule has 0 radical (unpaired) electrons. The van der Waals surface area contributed by atoms with E-state index in [1.807, 2.05) is 31.2 Å². The molecule has 1 aromatic rings. The van der Waals surface area contributed by atoms with Crippen LogP contribution in [0.15, 0.2) is 24.3 Å². The number of methoxy groups -OCH3 is 1. The average molecular weight is 334 g/mol. The molecule has 5 nitrogen and oxygen atoms in total. The van der Waals surface area contributed by atoms with E-state index in [1.165, 1.54) is 0 Å². The van der Waals surface area contributed by atoms with E-state index >= 15 is 0 Å². The van der Waals surface area contributed by atoms with Gasteiger partial charge in [-0.3, -0.25) is 9.59 Å². The molecule has 0 saturated carbocycles. The molecule has 1 aromatic carbocycles. The standard InChI is InChI=1S/C19H30N2O3/c1-5-7-13-20-19(23)15(3)21(18(22)8-6-2)14-16-9-11-17(24-4)12-10-16/h9-12,15H,5-8,13-14H2,1-4H3,(H,20,23)/t15-/m0/s1. The van der Waals surface area contributed by atoms with Crippen LogP contribution in [0.25, 0.3) is 0 Å². The van der Waals surface area contributed by atoms with Gasteiger partial charge in [-0.15, -0.1) is 0 Å². The van der Waals surface area contributed by atoms with Crippen LogP contribution >= 0.6 is 0 Å². The van der Waals surface area contributed by atoms with Crippen molar-refractivity contribution < 1.29 is 14.3 Å². The molecule has 0 unspecified atom stereocenters. The zero-order chi connectivity index (χ0) is 17.9. The lowest BCUT2D eigenvalue weighted by molar-refractivity contribution is -0.140. The summed E-state index contributed by atoms with van der Waals surface area (Å²) in [6, 6.07) is 7.09. The molecule has 0 spiro atoms. The van der Waals surface area contributed by atoms with Gasteiger partial charge in [0.05, 0.1) is 7.11 Å². The minimum absolute atomic E-state index is 0.00598. The summed E-state index contributed by atoms with van der Waals surface area (Å²) in [5, 5.41) is 2.91.